The molecule has 1 N–H and O–H groups in total. The van der Waals surface area contributed by atoms with E-state index in [1.54, 1.807) is 0 Å². The first-order chi connectivity index (χ1) is 5.41. The molecule has 1 saturated heterocycles. The molecule has 0 aromatic rings. The van der Waals surface area contributed by atoms with Crippen LogP contribution >= 0.6 is 23.4 Å². The maximum atomic E-state index is 12.1. The van der Waals surface area contributed by atoms with Gasteiger partial charge in [0.05, 0.1) is 5.50 Å². The van der Waals surface area contributed by atoms with Crippen molar-refractivity contribution >= 4 is 23.4 Å². The first kappa shape index (κ1) is 10.4. The van der Waals surface area contributed by atoms with Crippen LogP contribution in [0, 0.1) is 0 Å². The molecule has 1 rings (SSSR count). The largest absolute Gasteiger partial charge is 0.406 e. The van der Waals surface area contributed by atoms with Gasteiger partial charge in [0.2, 0.25) is 0 Å². The number of halogens is 5. The number of alkyl halides is 4. The van der Waals surface area contributed by atoms with Crippen molar-refractivity contribution in [3.63, 3.8) is 0 Å². The zero-order valence-corrected chi connectivity index (χ0v) is 7.42. The molecule has 2 unspecified atom stereocenters. The number of rotatable bonds is 0. The van der Waals surface area contributed by atoms with Gasteiger partial charge in [0.15, 0.2) is 0 Å². The van der Waals surface area contributed by atoms with Gasteiger partial charge in [0, 0.05) is 13.1 Å². The third-order valence-corrected chi connectivity index (χ3v) is 2.25. The lowest BCUT2D eigenvalue weighted by molar-refractivity contribution is -0.174. The van der Waals surface area contributed by atoms with Gasteiger partial charge in [-0.1, -0.05) is 0 Å². The minimum Gasteiger partial charge on any atom is -0.298 e. The zero-order valence-electron chi connectivity index (χ0n) is 5.91. The van der Waals surface area contributed by atoms with Crippen LogP contribution in [-0.4, -0.2) is 35.2 Å². The van der Waals surface area contributed by atoms with Crippen LogP contribution in [0.25, 0.3) is 0 Å². The highest BCUT2D eigenvalue weighted by molar-refractivity contribution is 6.21. The van der Waals surface area contributed by atoms with E-state index in [4.69, 9.17) is 23.4 Å². The lowest BCUT2D eigenvalue weighted by atomic mass is 10.2. The quantitative estimate of drug-likeness (QED) is 0.380. The van der Waals surface area contributed by atoms with Gasteiger partial charge in [-0.05, 0) is 11.8 Å². The fourth-order valence-corrected chi connectivity index (χ4v) is 1.58. The second kappa shape index (κ2) is 3.57. The van der Waals surface area contributed by atoms with E-state index in [-0.39, 0.29) is 13.1 Å². The van der Waals surface area contributed by atoms with Gasteiger partial charge in [-0.2, -0.15) is 13.2 Å². The van der Waals surface area contributed by atoms with E-state index in [0.29, 0.717) is 4.42 Å². The molecule has 72 valence electrons. The Morgan fingerprint density at radius 1 is 1.42 bits per heavy atom. The summed E-state index contributed by atoms with van der Waals surface area (Å²) in [6.45, 7) is -0.283. The molecule has 0 aliphatic carbocycles. The van der Waals surface area contributed by atoms with Crippen LogP contribution in [-0.2, 0) is 0 Å². The summed E-state index contributed by atoms with van der Waals surface area (Å²) in [5.74, 6) is 0. The zero-order chi connectivity index (χ0) is 9.35. The van der Waals surface area contributed by atoms with E-state index < -0.39 is 17.7 Å². The van der Waals surface area contributed by atoms with E-state index in [2.05, 4.69) is 5.32 Å². The third-order valence-electron chi connectivity index (χ3n) is 1.58. The first-order valence-electron chi connectivity index (χ1n) is 3.28. The minimum absolute atomic E-state index is 0.0205. The summed E-state index contributed by atoms with van der Waals surface area (Å²) in [5.41, 5.74) is -0.513. The molecule has 1 aliphatic rings. The molecule has 0 bridgehead atoms. The normalized spacial score (nSPS) is 33.8. The van der Waals surface area contributed by atoms with E-state index in [1.807, 2.05) is 0 Å². The Labute approximate surface area is 77.7 Å². The maximum Gasteiger partial charge on any atom is 0.406 e. The lowest BCUT2D eigenvalue weighted by Gasteiger charge is -2.34. The van der Waals surface area contributed by atoms with Gasteiger partial charge >= 0.3 is 6.18 Å². The van der Waals surface area contributed by atoms with Crippen molar-refractivity contribution in [2.45, 2.75) is 17.7 Å². The molecule has 1 aliphatic heterocycles. The van der Waals surface area contributed by atoms with Gasteiger partial charge in [-0.3, -0.25) is 5.32 Å². The molecule has 2 atom stereocenters. The molecule has 0 radical (unpaired) electrons. The first-order valence-corrected chi connectivity index (χ1v) is 4.05. The van der Waals surface area contributed by atoms with Crippen LogP contribution in [0.1, 0.15) is 0 Å². The fraction of sp³-hybridized carbons (Fsp3) is 1.00. The van der Waals surface area contributed by atoms with Crippen molar-refractivity contribution in [2.75, 3.05) is 13.1 Å². The third kappa shape index (κ3) is 2.39. The molecule has 2 nitrogen and oxygen atoms in total. The van der Waals surface area contributed by atoms with Crippen molar-refractivity contribution in [3.8, 4) is 0 Å². The predicted molar refractivity (Wildman–Crippen MR) is 40.0 cm³/mol. The number of hydrogen-bond donors (Lipinski definition) is 1. The van der Waals surface area contributed by atoms with Crippen molar-refractivity contribution < 1.29 is 13.2 Å². The highest BCUT2D eigenvalue weighted by Gasteiger charge is 2.45. The molecule has 0 aromatic carbocycles. The SMILES string of the molecule is FC(F)(F)C1CNC(Cl)CN1Cl. The van der Waals surface area contributed by atoms with Gasteiger partial charge in [0.1, 0.15) is 6.04 Å². The fourth-order valence-electron chi connectivity index (χ4n) is 0.958. The molecule has 0 aromatic heterocycles. The minimum atomic E-state index is -4.30. The van der Waals surface area contributed by atoms with Crippen molar-refractivity contribution in [1.82, 2.24) is 9.74 Å². The summed E-state index contributed by atoms with van der Waals surface area (Å²) in [5, 5.41) is 2.49. The molecule has 0 amide bonds. The summed E-state index contributed by atoms with van der Waals surface area (Å²) in [6, 6.07) is -1.64. The monoisotopic (exact) mass is 222 g/mol. The Morgan fingerprint density at radius 2 is 2.00 bits per heavy atom. The van der Waals surface area contributed by atoms with E-state index >= 15 is 0 Å². The molecular weight excluding hydrogens is 216 g/mol. The van der Waals surface area contributed by atoms with E-state index in [0.717, 1.165) is 0 Å². The summed E-state index contributed by atoms with van der Waals surface area (Å²) < 4.78 is 37.0. The second-order valence-electron chi connectivity index (χ2n) is 2.52. The molecular formula is C5H7Cl2F3N2. The Bertz CT molecular complexity index is 163. The van der Waals surface area contributed by atoms with Crippen molar-refractivity contribution in [1.29, 1.82) is 0 Å². The number of hydrogen-bond acceptors (Lipinski definition) is 2. The van der Waals surface area contributed by atoms with Gasteiger partial charge in [-0.15, -0.1) is 11.6 Å². The summed E-state index contributed by atoms with van der Waals surface area (Å²) in [7, 11) is 0. The average Bonchev–Trinajstić information content (AvgIpc) is 1.83. The Morgan fingerprint density at radius 3 is 2.42 bits per heavy atom. The Kier molecular flexibility index (Phi) is 3.09. The van der Waals surface area contributed by atoms with E-state index in [9.17, 15) is 13.2 Å². The smallest absolute Gasteiger partial charge is 0.298 e. The number of piperazine rings is 1. The maximum absolute atomic E-state index is 12.1. The lowest BCUT2D eigenvalue weighted by Crippen LogP contribution is -2.56. The van der Waals surface area contributed by atoms with Crippen LogP contribution in [0.4, 0.5) is 13.2 Å². The van der Waals surface area contributed by atoms with Crippen molar-refractivity contribution in [2.24, 2.45) is 0 Å². The van der Waals surface area contributed by atoms with Gasteiger partial charge in [0.25, 0.3) is 0 Å². The summed E-state index contributed by atoms with van der Waals surface area (Å²) in [6.07, 6.45) is -4.30. The molecule has 1 fully saturated rings. The predicted octanol–water partition coefficient (Wildman–Crippen LogP) is 1.54. The average molecular weight is 223 g/mol. The van der Waals surface area contributed by atoms with Crippen molar-refractivity contribution in [3.05, 3.63) is 0 Å². The summed E-state index contributed by atoms with van der Waals surface area (Å²) in [4.78, 5) is 0. The molecule has 12 heavy (non-hydrogen) atoms. The Hall–Kier alpha value is 0.290. The molecule has 1 heterocycles. The molecule has 7 heteroatoms. The van der Waals surface area contributed by atoms with Crippen LogP contribution in [0.15, 0.2) is 0 Å². The molecule has 0 spiro atoms. The van der Waals surface area contributed by atoms with Gasteiger partial charge < -0.3 is 0 Å². The van der Waals surface area contributed by atoms with Crippen LogP contribution < -0.4 is 5.32 Å². The highest BCUT2D eigenvalue weighted by atomic mass is 35.5. The highest BCUT2D eigenvalue weighted by Crippen LogP contribution is 2.28. The standard InChI is InChI=1S/C5H7Cl2F3N2/c6-4-2-12(7)3(1-11-4)5(8,9)10/h3-4,11H,1-2H2. The van der Waals surface area contributed by atoms with Crippen LogP contribution in [0.2, 0.25) is 0 Å². The summed E-state index contributed by atoms with van der Waals surface area (Å²) >= 11 is 10.9. The topological polar surface area (TPSA) is 15.3 Å². The molecule has 0 saturated carbocycles. The number of nitrogens with one attached hydrogen (secondary N) is 1. The van der Waals surface area contributed by atoms with Crippen LogP contribution in [0.3, 0.4) is 0 Å². The van der Waals surface area contributed by atoms with E-state index in [1.165, 1.54) is 0 Å². The number of nitrogens with zero attached hydrogens (tertiary/aromatic N) is 1. The second-order valence-corrected chi connectivity index (χ2v) is 3.48. The Balaban J connectivity index is 2.57. The van der Waals surface area contributed by atoms with Crippen LogP contribution in [0.5, 0.6) is 0 Å². The van der Waals surface area contributed by atoms with Gasteiger partial charge in [-0.25, -0.2) is 4.42 Å².